The first-order valence-electron chi connectivity index (χ1n) is 7.03. The van der Waals surface area contributed by atoms with Gasteiger partial charge >= 0.3 is 0 Å². The average Bonchev–Trinajstić information content (AvgIpc) is 2.90. The van der Waals surface area contributed by atoms with Crippen molar-refractivity contribution in [3.63, 3.8) is 0 Å². The van der Waals surface area contributed by atoms with E-state index in [1.54, 1.807) is 6.20 Å². The lowest BCUT2D eigenvalue weighted by Gasteiger charge is -2.05. The molecule has 0 saturated heterocycles. The second-order valence-corrected chi connectivity index (χ2v) is 5.90. The molecule has 0 radical (unpaired) electrons. The third-order valence-electron chi connectivity index (χ3n) is 3.17. The Hall–Kier alpha value is -2.08. The van der Waals surface area contributed by atoms with Crippen LogP contribution in [0.25, 0.3) is 0 Å². The number of thioether (sulfide) groups is 1. The van der Waals surface area contributed by atoms with Crippen molar-refractivity contribution in [3.8, 4) is 0 Å². The standard InChI is InChI=1S/C16H19N3O2S/c1-12(20)17-8-7-13-3-5-14(6-4-13)15(21)11-22-16-18-9-10-19(16)2/h3-6,9-10H,7-8,11H2,1-2H3,(H,17,20). The number of rotatable bonds is 7. The van der Waals surface area contributed by atoms with Crippen LogP contribution in [0.3, 0.4) is 0 Å². The minimum absolute atomic E-state index is 0.0295. The summed E-state index contributed by atoms with van der Waals surface area (Å²) in [6.45, 7) is 2.11. The average molecular weight is 317 g/mol. The Morgan fingerprint density at radius 2 is 2.00 bits per heavy atom. The molecule has 22 heavy (non-hydrogen) atoms. The number of aryl methyl sites for hydroxylation is 1. The van der Waals surface area contributed by atoms with Gasteiger partial charge in [0.1, 0.15) is 0 Å². The predicted molar refractivity (Wildman–Crippen MR) is 87.1 cm³/mol. The molecule has 1 amide bonds. The Kier molecular flexibility index (Phi) is 5.77. The van der Waals surface area contributed by atoms with E-state index in [1.807, 2.05) is 42.1 Å². The largest absolute Gasteiger partial charge is 0.356 e. The van der Waals surface area contributed by atoms with Crippen molar-refractivity contribution >= 4 is 23.5 Å². The maximum Gasteiger partial charge on any atom is 0.216 e. The van der Waals surface area contributed by atoms with Crippen molar-refractivity contribution in [3.05, 3.63) is 47.8 Å². The number of Topliss-reactive ketones (excluding diaryl/α,β-unsaturated/α-hetero) is 1. The van der Waals surface area contributed by atoms with Crippen LogP contribution in [-0.2, 0) is 18.3 Å². The molecular weight excluding hydrogens is 298 g/mol. The highest BCUT2D eigenvalue weighted by atomic mass is 32.2. The minimum Gasteiger partial charge on any atom is -0.356 e. The second kappa shape index (κ2) is 7.79. The third kappa shape index (κ3) is 4.73. The van der Waals surface area contributed by atoms with Crippen LogP contribution in [0.1, 0.15) is 22.8 Å². The molecule has 0 bridgehead atoms. The van der Waals surface area contributed by atoms with E-state index in [4.69, 9.17) is 0 Å². The molecule has 6 heteroatoms. The summed E-state index contributed by atoms with van der Waals surface area (Å²) in [7, 11) is 1.91. The van der Waals surface area contributed by atoms with Gasteiger partial charge in [-0.1, -0.05) is 36.0 Å². The van der Waals surface area contributed by atoms with Gasteiger partial charge in [0.2, 0.25) is 5.91 Å². The molecule has 0 atom stereocenters. The molecular formula is C16H19N3O2S. The number of aromatic nitrogens is 2. The quantitative estimate of drug-likeness (QED) is 0.627. The summed E-state index contributed by atoms with van der Waals surface area (Å²) in [4.78, 5) is 27.1. The van der Waals surface area contributed by atoms with Gasteiger partial charge in [-0.15, -0.1) is 0 Å². The van der Waals surface area contributed by atoms with E-state index in [1.165, 1.54) is 18.7 Å². The second-order valence-electron chi connectivity index (χ2n) is 4.96. The fourth-order valence-electron chi connectivity index (χ4n) is 1.94. The van der Waals surface area contributed by atoms with Crippen molar-refractivity contribution in [2.24, 2.45) is 7.05 Å². The lowest BCUT2D eigenvalue weighted by atomic mass is 10.1. The lowest BCUT2D eigenvalue weighted by Crippen LogP contribution is -2.22. The number of benzene rings is 1. The minimum atomic E-state index is -0.0295. The van der Waals surface area contributed by atoms with Crippen LogP contribution in [0.15, 0.2) is 41.8 Å². The number of imidazole rings is 1. The fourth-order valence-corrected chi connectivity index (χ4v) is 2.77. The normalized spacial score (nSPS) is 10.5. The first kappa shape index (κ1) is 16.3. The summed E-state index contributed by atoms with van der Waals surface area (Å²) < 4.78 is 1.89. The van der Waals surface area contributed by atoms with Gasteiger partial charge in [-0.25, -0.2) is 4.98 Å². The highest BCUT2D eigenvalue weighted by Gasteiger charge is 2.08. The van der Waals surface area contributed by atoms with Gasteiger partial charge in [0.05, 0.1) is 5.75 Å². The Morgan fingerprint density at radius 1 is 1.27 bits per heavy atom. The molecule has 1 aromatic heterocycles. The van der Waals surface area contributed by atoms with Gasteiger partial charge in [-0.2, -0.15) is 0 Å². The highest BCUT2D eigenvalue weighted by Crippen LogP contribution is 2.16. The number of hydrogen-bond acceptors (Lipinski definition) is 4. The van der Waals surface area contributed by atoms with Gasteiger partial charge in [0, 0.05) is 38.5 Å². The van der Waals surface area contributed by atoms with Crippen LogP contribution in [0.5, 0.6) is 0 Å². The first-order chi connectivity index (χ1) is 10.6. The van der Waals surface area contributed by atoms with Crippen LogP contribution in [0.4, 0.5) is 0 Å². The lowest BCUT2D eigenvalue weighted by molar-refractivity contribution is -0.118. The third-order valence-corrected chi connectivity index (χ3v) is 4.23. The number of carbonyl (C=O) groups excluding carboxylic acids is 2. The van der Waals surface area contributed by atoms with E-state index < -0.39 is 0 Å². The molecule has 2 rings (SSSR count). The molecule has 0 aliphatic rings. The summed E-state index contributed by atoms with van der Waals surface area (Å²) in [6.07, 6.45) is 4.34. The summed E-state index contributed by atoms with van der Waals surface area (Å²) in [5.41, 5.74) is 1.80. The van der Waals surface area contributed by atoms with Crippen molar-refractivity contribution in [2.45, 2.75) is 18.5 Å². The van der Waals surface area contributed by atoms with E-state index in [2.05, 4.69) is 10.3 Å². The number of nitrogens with zero attached hydrogens (tertiary/aromatic N) is 2. The maximum absolute atomic E-state index is 12.2. The summed E-state index contributed by atoms with van der Waals surface area (Å²) in [5, 5.41) is 3.59. The first-order valence-corrected chi connectivity index (χ1v) is 8.01. The van der Waals surface area contributed by atoms with Gasteiger partial charge < -0.3 is 9.88 Å². The number of carbonyl (C=O) groups is 2. The Bertz CT molecular complexity index is 650. The summed E-state index contributed by atoms with van der Waals surface area (Å²) >= 11 is 1.43. The number of hydrogen-bond donors (Lipinski definition) is 1. The molecule has 1 heterocycles. The molecule has 2 aromatic rings. The van der Waals surface area contributed by atoms with Crippen molar-refractivity contribution in [1.29, 1.82) is 0 Å². The van der Waals surface area contributed by atoms with E-state index in [0.29, 0.717) is 17.9 Å². The molecule has 0 aliphatic carbocycles. The summed E-state index contributed by atoms with van der Waals surface area (Å²) in [6, 6.07) is 7.54. The number of amides is 1. The Morgan fingerprint density at radius 3 is 2.59 bits per heavy atom. The van der Waals surface area contributed by atoms with Crippen molar-refractivity contribution < 1.29 is 9.59 Å². The molecule has 1 aromatic carbocycles. The number of nitrogens with one attached hydrogen (secondary N) is 1. The van der Waals surface area contributed by atoms with Crippen LogP contribution in [0, 0.1) is 0 Å². The number of ketones is 1. The van der Waals surface area contributed by atoms with Gasteiger partial charge in [0.25, 0.3) is 0 Å². The van der Waals surface area contributed by atoms with Crippen molar-refractivity contribution in [1.82, 2.24) is 14.9 Å². The predicted octanol–water partition coefficient (Wildman–Crippen LogP) is 2.07. The monoisotopic (exact) mass is 317 g/mol. The van der Waals surface area contributed by atoms with Crippen LogP contribution >= 0.6 is 11.8 Å². The molecule has 116 valence electrons. The van der Waals surface area contributed by atoms with Crippen LogP contribution < -0.4 is 5.32 Å². The van der Waals surface area contributed by atoms with E-state index in [-0.39, 0.29) is 11.7 Å². The van der Waals surface area contributed by atoms with Crippen LogP contribution in [-0.4, -0.2) is 33.5 Å². The van der Waals surface area contributed by atoms with Gasteiger partial charge in [0.15, 0.2) is 10.9 Å². The zero-order valence-electron chi connectivity index (χ0n) is 12.7. The van der Waals surface area contributed by atoms with E-state index in [9.17, 15) is 9.59 Å². The zero-order chi connectivity index (χ0) is 15.9. The maximum atomic E-state index is 12.2. The highest BCUT2D eigenvalue weighted by molar-refractivity contribution is 7.99. The molecule has 1 N–H and O–H groups in total. The zero-order valence-corrected chi connectivity index (χ0v) is 13.5. The molecule has 0 saturated carbocycles. The van der Waals surface area contributed by atoms with Gasteiger partial charge in [-0.3, -0.25) is 9.59 Å². The molecule has 0 aliphatic heterocycles. The van der Waals surface area contributed by atoms with Crippen molar-refractivity contribution in [2.75, 3.05) is 12.3 Å². The van der Waals surface area contributed by atoms with Gasteiger partial charge in [-0.05, 0) is 12.0 Å². The van der Waals surface area contributed by atoms with E-state index >= 15 is 0 Å². The Balaban J connectivity index is 1.85. The molecule has 0 unspecified atom stereocenters. The topological polar surface area (TPSA) is 64.0 Å². The fraction of sp³-hybridized carbons (Fsp3) is 0.312. The SMILES string of the molecule is CC(=O)NCCc1ccc(C(=O)CSc2nccn2C)cc1. The Labute approximate surface area is 134 Å². The van der Waals surface area contributed by atoms with E-state index in [0.717, 1.165) is 17.1 Å². The molecule has 5 nitrogen and oxygen atoms in total. The molecule has 0 spiro atoms. The summed E-state index contributed by atoms with van der Waals surface area (Å²) in [5.74, 6) is 0.426. The van der Waals surface area contributed by atoms with Crippen LogP contribution in [0.2, 0.25) is 0 Å². The smallest absolute Gasteiger partial charge is 0.216 e. The molecule has 0 fully saturated rings.